The first-order valence-electron chi connectivity index (χ1n) is 5.99. The third-order valence-electron chi connectivity index (χ3n) is 3.87. The van der Waals surface area contributed by atoms with E-state index in [1.54, 1.807) is 0 Å². The Balaban J connectivity index is 2.17. The molecule has 0 bridgehead atoms. The fourth-order valence-electron chi connectivity index (χ4n) is 2.59. The lowest BCUT2D eigenvalue weighted by atomic mass is 10.2. The van der Waals surface area contributed by atoms with Crippen LogP contribution in [0.4, 0.5) is 0 Å². The van der Waals surface area contributed by atoms with E-state index in [1.807, 2.05) is 7.11 Å². The van der Waals surface area contributed by atoms with Gasteiger partial charge in [0.2, 0.25) is 8.32 Å². The summed E-state index contributed by atoms with van der Waals surface area (Å²) in [6, 6.07) is 0. The van der Waals surface area contributed by atoms with E-state index < -0.39 is 8.32 Å². The zero-order valence-electron chi connectivity index (χ0n) is 10.1. The van der Waals surface area contributed by atoms with Crippen molar-refractivity contribution in [3.05, 3.63) is 48.6 Å². The Morgan fingerprint density at radius 1 is 0.938 bits per heavy atom. The Morgan fingerprint density at radius 3 is 1.75 bits per heavy atom. The van der Waals surface area contributed by atoms with Gasteiger partial charge in [0, 0.05) is 18.2 Å². The Morgan fingerprint density at radius 2 is 1.44 bits per heavy atom. The molecule has 0 radical (unpaired) electrons. The van der Waals surface area contributed by atoms with E-state index in [9.17, 15) is 0 Å². The maximum Gasteiger partial charge on any atom is 0.203 e. The number of hydrogen-bond acceptors (Lipinski definition) is 1. The van der Waals surface area contributed by atoms with Crippen LogP contribution in [-0.4, -0.2) is 15.4 Å². The number of rotatable bonds is 3. The molecule has 1 nitrogen and oxygen atoms in total. The quantitative estimate of drug-likeness (QED) is 0.669. The Bertz CT molecular complexity index is 322. The summed E-state index contributed by atoms with van der Waals surface area (Å²) in [5.41, 5.74) is 1.23. The molecule has 0 fully saturated rings. The molecule has 0 amide bonds. The van der Waals surface area contributed by atoms with Crippen LogP contribution < -0.4 is 0 Å². The van der Waals surface area contributed by atoms with E-state index in [4.69, 9.17) is 4.43 Å². The van der Waals surface area contributed by atoms with Crippen LogP contribution in [0.2, 0.25) is 17.6 Å². The fourth-order valence-corrected chi connectivity index (χ4v) is 5.94. The Kier molecular flexibility index (Phi) is 3.61. The monoisotopic (exact) mass is 232 g/mol. The SMILES string of the molecule is CO[Si](C)(C1C=CC=CC1)C1C=CC=CC1. The van der Waals surface area contributed by atoms with Crippen molar-refractivity contribution in [1.29, 1.82) is 0 Å². The zero-order valence-corrected chi connectivity index (χ0v) is 11.1. The predicted molar refractivity (Wildman–Crippen MR) is 71.9 cm³/mol. The minimum Gasteiger partial charge on any atom is -0.419 e. The highest BCUT2D eigenvalue weighted by molar-refractivity contribution is 6.76. The topological polar surface area (TPSA) is 9.23 Å². The summed E-state index contributed by atoms with van der Waals surface area (Å²) in [7, 11) is 0.196. The Hall–Kier alpha value is -0.863. The predicted octanol–water partition coefficient (Wildman–Crippen LogP) is 3.98. The largest absolute Gasteiger partial charge is 0.419 e. The van der Waals surface area contributed by atoms with Gasteiger partial charge in [0.05, 0.1) is 0 Å². The van der Waals surface area contributed by atoms with Crippen molar-refractivity contribution < 1.29 is 4.43 Å². The first-order valence-corrected chi connectivity index (χ1v) is 8.55. The van der Waals surface area contributed by atoms with Gasteiger partial charge in [-0.1, -0.05) is 48.6 Å². The molecule has 0 aromatic heterocycles. The molecule has 0 saturated carbocycles. The lowest BCUT2D eigenvalue weighted by Gasteiger charge is -2.38. The van der Waals surface area contributed by atoms with Gasteiger partial charge in [-0.15, -0.1) is 0 Å². The van der Waals surface area contributed by atoms with Crippen molar-refractivity contribution in [3.8, 4) is 0 Å². The van der Waals surface area contributed by atoms with Crippen LogP contribution in [0.1, 0.15) is 12.8 Å². The van der Waals surface area contributed by atoms with Crippen LogP contribution in [0.15, 0.2) is 48.6 Å². The second kappa shape index (κ2) is 4.98. The highest BCUT2D eigenvalue weighted by Gasteiger charge is 2.42. The third kappa shape index (κ3) is 2.13. The van der Waals surface area contributed by atoms with E-state index in [0.717, 1.165) is 12.8 Å². The molecule has 0 N–H and O–H groups in total. The summed E-state index contributed by atoms with van der Waals surface area (Å²) < 4.78 is 5.99. The van der Waals surface area contributed by atoms with Gasteiger partial charge < -0.3 is 4.43 Å². The minimum atomic E-state index is -1.70. The third-order valence-corrected chi connectivity index (χ3v) is 8.55. The van der Waals surface area contributed by atoms with Crippen molar-refractivity contribution in [3.63, 3.8) is 0 Å². The summed E-state index contributed by atoms with van der Waals surface area (Å²) >= 11 is 0. The highest BCUT2D eigenvalue weighted by atomic mass is 28.4. The molecular weight excluding hydrogens is 212 g/mol. The smallest absolute Gasteiger partial charge is 0.203 e. The molecule has 0 aliphatic heterocycles. The van der Waals surface area contributed by atoms with Gasteiger partial charge in [0.15, 0.2) is 0 Å². The average Bonchev–Trinajstić information content (AvgIpc) is 2.40. The molecular formula is C14H20OSi. The van der Waals surface area contributed by atoms with Crippen LogP contribution in [0.25, 0.3) is 0 Å². The fraction of sp³-hybridized carbons (Fsp3) is 0.429. The molecule has 0 aromatic carbocycles. The van der Waals surface area contributed by atoms with Crippen LogP contribution in [0, 0.1) is 0 Å². The van der Waals surface area contributed by atoms with Crippen LogP contribution in [0.3, 0.4) is 0 Å². The van der Waals surface area contributed by atoms with Gasteiger partial charge in [-0.05, 0) is 19.4 Å². The standard InChI is InChI=1S/C14H20OSi/c1-15-16(2,13-9-5-3-6-10-13)14-11-7-4-8-12-14/h3-9,11,13-14H,10,12H2,1-2H3. The van der Waals surface area contributed by atoms with E-state index >= 15 is 0 Å². The van der Waals surface area contributed by atoms with Crippen LogP contribution >= 0.6 is 0 Å². The lowest BCUT2D eigenvalue weighted by molar-refractivity contribution is 0.380. The van der Waals surface area contributed by atoms with Crippen LogP contribution in [-0.2, 0) is 4.43 Å². The van der Waals surface area contributed by atoms with Gasteiger partial charge in [-0.25, -0.2) is 0 Å². The van der Waals surface area contributed by atoms with Gasteiger partial charge in [-0.3, -0.25) is 0 Å². The molecule has 2 aliphatic rings. The van der Waals surface area contributed by atoms with Gasteiger partial charge >= 0.3 is 0 Å². The van der Waals surface area contributed by atoms with Gasteiger partial charge in [0.1, 0.15) is 0 Å². The molecule has 2 aliphatic carbocycles. The lowest BCUT2D eigenvalue weighted by Crippen LogP contribution is -2.43. The normalized spacial score (nSPS) is 31.6. The van der Waals surface area contributed by atoms with Gasteiger partial charge in [-0.2, -0.15) is 0 Å². The molecule has 0 spiro atoms. The van der Waals surface area contributed by atoms with E-state index in [2.05, 4.69) is 55.2 Å². The van der Waals surface area contributed by atoms with Crippen molar-refractivity contribution >= 4 is 8.32 Å². The first kappa shape index (κ1) is 11.6. The molecule has 2 rings (SSSR count). The van der Waals surface area contributed by atoms with Crippen molar-refractivity contribution in [2.75, 3.05) is 7.11 Å². The van der Waals surface area contributed by atoms with E-state index in [-0.39, 0.29) is 0 Å². The first-order chi connectivity index (χ1) is 7.77. The summed E-state index contributed by atoms with van der Waals surface area (Å²) in [5.74, 6) is 0. The minimum absolute atomic E-state index is 0.614. The summed E-state index contributed by atoms with van der Waals surface area (Å²) in [6.07, 6.45) is 20.1. The van der Waals surface area contributed by atoms with Crippen molar-refractivity contribution in [2.24, 2.45) is 0 Å². The molecule has 2 unspecified atom stereocenters. The van der Waals surface area contributed by atoms with Crippen molar-refractivity contribution in [2.45, 2.75) is 30.5 Å². The maximum absolute atomic E-state index is 5.99. The van der Waals surface area contributed by atoms with E-state index in [1.165, 1.54) is 0 Å². The van der Waals surface area contributed by atoms with E-state index in [0.29, 0.717) is 11.1 Å². The molecule has 86 valence electrons. The Labute approximate surface area is 99.3 Å². The molecule has 0 aromatic rings. The number of hydrogen-bond donors (Lipinski definition) is 0. The maximum atomic E-state index is 5.99. The molecule has 0 saturated heterocycles. The molecule has 16 heavy (non-hydrogen) atoms. The van der Waals surface area contributed by atoms with Gasteiger partial charge in [0.25, 0.3) is 0 Å². The molecule has 2 atom stereocenters. The number of allylic oxidation sites excluding steroid dienone is 8. The average molecular weight is 232 g/mol. The summed E-state index contributed by atoms with van der Waals surface area (Å²) in [4.78, 5) is 0. The van der Waals surface area contributed by atoms with Crippen molar-refractivity contribution in [1.82, 2.24) is 0 Å². The summed E-state index contributed by atoms with van der Waals surface area (Å²) in [6.45, 7) is 2.37. The summed E-state index contributed by atoms with van der Waals surface area (Å²) in [5, 5.41) is 0. The second-order valence-electron chi connectivity index (χ2n) is 4.70. The molecule has 2 heteroatoms. The molecule has 0 heterocycles. The van der Waals surface area contributed by atoms with Crippen LogP contribution in [0.5, 0.6) is 0 Å². The highest BCUT2D eigenvalue weighted by Crippen LogP contribution is 2.42. The second-order valence-corrected chi connectivity index (χ2v) is 8.96. The zero-order chi connectivity index (χ0) is 11.4.